The minimum absolute atomic E-state index is 0.343. The SMILES string of the molecule is CO.Cc1cc(N)cc(-c2c(C)nn(-c3nc(-c4ccc(Cl)c(Cl)c4)c(SC(C)C)s3)c2C=O)c1. The standard InChI is InChI=1S/C24H22Cl2N4OS2.CH4O/c1-12(2)32-23-22(15-5-6-18(25)19(26)10-15)28-24(33-23)30-20(11-31)21(14(4)29-30)16-7-13(3)8-17(27)9-16;1-2/h5-12H,27H2,1-4H3;2H,1H3. The van der Waals surface area contributed by atoms with Crippen LogP contribution in [0, 0.1) is 13.8 Å². The van der Waals surface area contributed by atoms with Gasteiger partial charge in [-0.2, -0.15) is 5.10 Å². The number of aryl methyl sites for hydroxylation is 2. The first kappa shape index (κ1) is 27.2. The van der Waals surface area contributed by atoms with Crippen LogP contribution in [0.25, 0.3) is 27.5 Å². The van der Waals surface area contributed by atoms with Crippen LogP contribution < -0.4 is 5.73 Å². The van der Waals surface area contributed by atoms with Crippen LogP contribution in [0.4, 0.5) is 5.69 Å². The van der Waals surface area contributed by atoms with Crippen molar-refractivity contribution in [1.29, 1.82) is 0 Å². The second-order valence-corrected chi connectivity index (χ2v) is 11.6. The van der Waals surface area contributed by atoms with E-state index in [1.165, 1.54) is 11.3 Å². The summed E-state index contributed by atoms with van der Waals surface area (Å²) in [6, 6.07) is 11.2. The molecule has 2 heterocycles. The maximum Gasteiger partial charge on any atom is 0.212 e. The molecule has 0 saturated heterocycles. The molecule has 4 rings (SSSR count). The molecule has 0 unspecified atom stereocenters. The van der Waals surface area contributed by atoms with Gasteiger partial charge in [-0.15, -0.1) is 11.8 Å². The van der Waals surface area contributed by atoms with E-state index in [0.717, 1.165) is 51.2 Å². The Morgan fingerprint density at radius 2 is 1.80 bits per heavy atom. The molecule has 0 bridgehead atoms. The largest absolute Gasteiger partial charge is 0.400 e. The van der Waals surface area contributed by atoms with Crippen molar-refractivity contribution in [2.45, 2.75) is 37.2 Å². The van der Waals surface area contributed by atoms with Gasteiger partial charge in [0.05, 0.1) is 25.6 Å². The summed E-state index contributed by atoms with van der Waals surface area (Å²) in [5.41, 5.74) is 12.1. The highest BCUT2D eigenvalue weighted by Crippen LogP contribution is 2.42. The molecule has 0 aliphatic carbocycles. The third kappa shape index (κ3) is 5.90. The summed E-state index contributed by atoms with van der Waals surface area (Å²) in [7, 11) is 1.00. The molecule has 0 fully saturated rings. The number of carbonyl (C=O) groups is 1. The second-order valence-electron chi connectivity index (χ2n) is 7.94. The lowest BCUT2D eigenvalue weighted by Crippen LogP contribution is -2.01. The number of aromatic nitrogens is 3. The average molecular weight is 550 g/mol. The number of aliphatic hydroxyl groups excluding tert-OH is 1. The predicted octanol–water partition coefficient (Wildman–Crippen LogP) is 7.09. The van der Waals surface area contributed by atoms with E-state index in [9.17, 15) is 4.79 Å². The first-order chi connectivity index (χ1) is 16.7. The Morgan fingerprint density at radius 3 is 2.40 bits per heavy atom. The fourth-order valence-corrected chi connectivity index (χ4v) is 6.40. The molecule has 10 heteroatoms. The highest BCUT2D eigenvalue weighted by atomic mass is 35.5. The molecular weight excluding hydrogens is 523 g/mol. The van der Waals surface area contributed by atoms with Crippen LogP contribution in [-0.4, -0.2) is 38.5 Å². The maximum atomic E-state index is 12.2. The Balaban J connectivity index is 0.00000167. The van der Waals surface area contributed by atoms with Crippen molar-refractivity contribution in [3.8, 4) is 27.5 Å². The van der Waals surface area contributed by atoms with Gasteiger partial charge < -0.3 is 10.8 Å². The van der Waals surface area contributed by atoms with E-state index in [0.29, 0.717) is 31.8 Å². The summed E-state index contributed by atoms with van der Waals surface area (Å²) >= 11 is 15.6. The molecular formula is C25H26Cl2N4O2S2. The van der Waals surface area contributed by atoms with Gasteiger partial charge in [0.15, 0.2) is 6.29 Å². The lowest BCUT2D eigenvalue weighted by atomic mass is 10.0. The van der Waals surface area contributed by atoms with Crippen molar-refractivity contribution < 1.29 is 9.90 Å². The summed E-state index contributed by atoms with van der Waals surface area (Å²) in [6.45, 7) is 8.10. The molecule has 2 aromatic carbocycles. The molecule has 2 aromatic heterocycles. The van der Waals surface area contributed by atoms with E-state index in [4.69, 9.17) is 39.0 Å². The van der Waals surface area contributed by atoms with Crippen LogP contribution >= 0.6 is 46.3 Å². The van der Waals surface area contributed by atoms with Gasteiger partial charge in [0.25, 0.3) is 0 Å². The van der Waals surface area contributed by atoms with E-state index in [1.807, 2.05) is 44.2 Å². The Morgan fingerprint density at radius 1 is 1.09 bits per heavy atom. The number of benzene rings is 2. The molecule has 0 amide bonds. The third-order valence-electron chi connectivity index (χ3n) is 4.90. The second kappa shape index (κ2) is 11.6. The summed E-state index contributed by atoms with van der Waals surface area (Å²) in [6.07, 6.45) is 0.823. The van der Waals surface area contributed by atoms with E-state index < -0.39 is 0 Å². The number of nitrogens with two attached hydrogens (primary N) is 1. The van der Waals surface area contributed by atoms with Crippen molar-refractivity contribution in [1.82, 2.24) is 14.8 Å². The Labute approximate surface area is 223 Å². The van der Waals surface area contributed by atoms with Crippen molar-refractivity contribution in [2.24, 2.45) is 0 Å². The highest BCUT2D eigenvalue weighted by Gasteiger charge is 2.23. The molecule has 0 aliphatic rings. The average Bonchev–Trinajstić information content (AvgIpc) is 3.36. The number of carbonyl (C=O) groups excluding carboxylic acids is 1. The lowest BCUT2D eigenvalue weighted by Gasteiger charge is -2.05. The number of hydrogen-bond donors (Lipinski definition) is 2. The topological polar surface area (TPSA) is 94.0 Å². The zero-order valence-electron chi connectivity index (χ0n) is 20.0. The fraction of sp³-hybridized carbons (Fsp3) is 0.240. The minimum Gasteiger partial charge on any atom is -0.400 e. The molecule has 0 aliphatic heterocycles. The summed E-state index contributed by atoms with van der Waals surface area (Å²) in [4.78, 5) is 17.1. The number of anilines is 1. The first-order valence-electron chi connectivity index (χ1n) is 10.7. The molecule has 184 valence electrons. The van der Waals surface area contributed by atoms with Gasteiger partial charge in [-0.3, -0.25) is 4.79 Å². The van der Waals surface area contributed by atoms with E-state index in [2.05, 4.69) is 18.9 Å². The van der Waals surface area contributed by atoms with Crippen LogP contribution in [0.5, 0.6) is 0 Å². The molecule has 6 nitrogen and oxygen atoms in total. The van der Waals surface area contributed by atoms with Gasteiger partial charge in [-0.1, -0.05) is 60.5 Å². The van der Waals surface area contributed by atoms with Crippen LogP contribution in [0.3, 0.4) is 0 Å². The number of nitrogen functional groups attached to an aromatic ring is 1. The normalized spacial score (nSPS) is 10.9. The Hall–Kier alpha value is -2.36. The van der Waals surface area contributed by atoms with Crippen molar-refractivity contribution in [2.75, 3.05) is 12.8 Å². The smallest absolute Gasteiger partial charge is 0.212 e. The number of thiazole rings is 1. The van der Waals surface area contributed by atoms with Gasteiger partial charge in [-0.25, -0.2) is 9.67 Å². The number of nitrogens with zero attached hydrogens (tertiary/aromatic N) is 3. The number of rotatable bonds is 6. The molecule has 35 heavy (non-hydrogen) atoms. The van der Waals surface area contributed by atoms with Crippen molar-refractivity contribution in [3.63, 3.8) is 0 Å². The number of halogens is 2. The third-order valence-corrected chi connectivity index (χ3v) is 7.88. The lowest BCUT2D eigenvalue weighted by molar-refractivity contribution is 0.111. The monoisotopic (exact) mass is 548 g/mol. The predicted molar refractivity (Wildman–Crippen MR) is 149 cm³/mol. The van der Waals surface area contributed by atoms with E-state index in [-0.39, 0.29) is 0 Å². The Bertz CT molecular complexity index is 1350. The summed E-state index contributed by atoms with van der Waals surface area (Å²) in [5, 5.41) is 13.6. The van der Waals surface area contributed by atoms with E-state index >= 15 is 0 Å². The fourth-order valence-electron chi connectivity index (χ4n) is 3.62. The number of hydrogen-bond acceptors (Lipinski definition) is 7. The van der Waals surface area contributed by atoms with Gasteiger partial charge >= 0.3 is 0 Å². The molecule has 0 spiro atoms. The maximum absolute atomic E-state index is 12.2. The summed E-state index contributed by atoms with van der Waals surface area (Å²) in [5.74, 6) is 0. The van der Waals surface area contributed by atoms with Crippen LogP contribution in [0.15, 0.2) is 40.6 Å². The molecule has 4 aromatic rings. The first-order valence-corrected chi connectivity index (χ1v) is 13.1. The van der Waals surface area contributed by atoms with Crippen LogP contribution in [-0.2, 0) is 0 Å². The quantitative estimate of drug-likeness (QED) is 0.152. The number of aliphatic hydroxyl groups is 1. The molecule has 0 atom stereocenters. The minimum atomic E-state index is 0.343. The zero-order valence-corrected chi connectivity index (χ0v) is 23.1. The van der Waals surface area contributed by atoms with Gasteiger partial charge in [0, 0.05) is 29.2 Å². The van der Waals surface area contributed by atoms with Gasteiger partial charge in [-0.05, 0) is 49.2 Å². The zero-order chi connectivity index (χ0) is 25.9. The molecule has 0 radical (unpaired) electrons. The van der Waals surface area contributed by atoms with Gasteiger partial charge in [0.2, 0.25) is 5.13 Å². The van der Waals surface area contributed by atoms with Crippen LogP contribution in [0.2, 0.25) is 10.0 Å². The van der Waals surface area contributed by atoms with Crippen molar-refractivity contribution in [3.05, 3.63) is 63.4 Å². The van der Waals surface area contributed by atoms with E-state index in [1.54, 1.807) is 22.5 Å². The number of thioether (sulfide) groups is 1. The summed E-state index contributed by atoms with van der Waals surface area (Å²) < 4.78 is 2.64. The van der Waals surface area contributed by atoms with Gasteiger partial charge in [0.1, 0.15) is 5.69 Å². The van der Waals surface area contributed by atoms with Crippen LogP contribution in [0.1, 0.15) is 35.6 Å². The number of aldehydes is 1. The molecule has 3 N–H and O–H groups in total. The van der Waals surface area contributed by atoms with Crippen molar-refractivity contribution >= 4 is 58.3 Å². The molecule has 0 saturated carbocycles. The Kier molecular flexibility index (Phi) is 9.01. The highest BCUT2D eigenvalue weighted by molar-refractivity contribution is 8.01.